The Morgan fingerprint density at radius 2 is 1.87 bits per heavy atom. The highest BCUT2D eigenvalue weighted by Crippen LogP contribution is 2.41. The van der Waals surface area contributed by atoms with Gasteiger partial charge in [-0.3, -0.25) is 9.59 Å². The number of likely N-dealkylation sites (tertiary alicyclic amines) is 1. The summed E-state index contributed by atoms with van der Waals surface area (Å²) >= 11 is 0. The van der Waals surface area contributed by atoms with Gasteiger partial charge in [0.25, 0.3) is 11.7 Å². The van der Waals surface area contributed by atoms with E-state index in [1.165, 1.54) is 24.1 Å². The number of ether oxygens (including phenoxy) is 1. The summed E-state index contributed by atoms with van der Waals surface area (Å²) in [6.45, 7) is 1.08. The van der Waals surface area contributed by atoms with Crippen molar-refractivity contribution in [2.24, 2.45) is 0 Å². The van der Waals surface area contributed by atoms with Crippen molar-refractivity contribution in [1.29, 1.82) is 0 Å². The van der Waals surface area contributed by atoms with Crippen molar-refractivity contribution < 1.29 is 24.5 Å². The van der Waals surface area contributed by atoms with E-state index < -0.39 is 17.7 Å². The van der Waals surface area contributed by atoms with Crippen LogP contribution in [0.15, 0.2) is 54.1 Å². The molecule has 3 rings (SSSR count). The van der Waals surface area contributed by atoms with Crippen LogP contribution in [0.4, 0.5) is 0 Å². The van der Waals surface area contributed by atoms with Gasteiger partial charge >= 0.3 is 0 Å². The van der Waals surface area contributed by atoms with Gasteiger partial charge < -0.3 is 24.7 Å². The average molecular weight is 410 g/mol. The number of aromatic hydroxyl groups is 1. The largest absolute Gasteiger partial charge is 0.508 e. The molecule has 0 spiro atoms. The first-order valence-electron chi connectivity index (χ1n) is 9.70. The zero-order valence-electron chi connectivity index (χ0n) is 17.3. The smallest absolute Gasteiger partial charge is 0.295 e. The second-order valence-electron chi connectivity index (χ2n) is 7.44. The molecule has 0 aromatic heterocycles. The standard InChI is InChI=1S/C23H26N2O5/c1-24(2)12-7-13-25-20(15-8-6-9-16(26)14-15)19(22(28)23(25)29)21(27)17-10-4-5-11-18(17)30-3/h4-6,8-11,14,20,26-27H,7,12-13H2,1-3H3/b21-19-. The van der Waals surface area contributed by atoms with Gasteiger partial charge in [-0.25, -0.2) is 0 Å². The fourth-order valence-electron chi connectivity index (χ4n) is 3.69. The van der Waals surface area contributed by atoms with E-state index in [2.05, 4.69) is 0 Å². The third kappa shape index (κ3) is 4.16. The van der Waals surface area contributed by atoms with Crippen LogP contribution in [0.25, 0.3) is 5.76 Å². The van der Waals surface area contributed by atoms with Crippen molar-refractivity contribution in [3.8, 4) is 11.5 Å². The molecule has 1 fully saturated rings. The van der Waals surface area contributed by atoms with E-state index in [-0.39, 0.29) is 17.1 Å². The first kappa shape index (κ1) is 21.4. The minimum Gasteiger partial charge on any atom is -0.508 e. The lowest BCUT2D eigenvalue weighted by molar-refractivity contribution is -0.139. The minimum absolute atomic E-state index is 0.0139. The normalized spacial score (nSPS) is 18.3. The van der Waals surface area contributed by atoms with Gasteiger partial charge in [0.05, 0.1) is 24.3 Å². The van der Waals surface area contributed by atoms with Gasteiger partial charge in [0.15, 0.2) is 0 Å². The Morgan fingerprint density at radius 1 is 1.13 bits per heavy atom. The molecule has 30 heavy (non-hydrogen) atoms. The first-order valence-corrected chi connectivity index (χ1v) is 9.70. The summed E-state index contributed by atoms with van der Waals surface area (Å²) in [6, 6.07) is 12.4. The molecule has 0 saturated carbocycles. The molecule has 0 radical (unpaired) electrons. The maximum Gasteiger partial charge on any atom is 0.295 e. The van der Waals surface area contributed by atoms with E-state index in [9.17, 15) is 19.8 Å². The summed E-state index contributed by atoms with van der Waals surface area (Å²) in [7, 11) is 5.34. The van der Waals surface area contributed by atoms with Crippen LogP contribution in [0, 0.1) is 0 Å². The number of phenols is 1. The van der Waals surface area contributed by atoms with Crippen molar-refractivity contribution in [2.45, 2.75) is 12.5 Å². The fourth-order valence-corrected chi connectivity index (χ4v) is 3.69. The zero-order valence-corrected chi connectivity index (χ0v) is 17.3. The Kier molecular flexibility index (Phi) is 6.42. The topological polar surface area (TPSA) is 90.3 Å². The van der Waals surface area contributed by atoms with Crippen LogP contribution in [0.5, 0.6) is 11.5 Å². The van der Waals surface area contributed by atoms with E-state index in [0.29, 0.717) is 29.8 Å². The number of phenolic OH excluding ortho intramolecular Hbond substituents is 1. The molecule has 1 saturated heterocycles. The first-order chi connectivity index (χ1) is 14.3. The average Bonchev–Trinajstić information content (AvgIpc) is 2.98. The van der Waals surface area contributed by atoms with Crippen molar-refractivity contribution >= 4 is 17.4 Å². The molecule has 1 aliphatic heterocycles. The summed E-state index contributed by atoms with van der Waals surface area (Å²) in [5.74, 6) is -1.31. The molecule has 0 bridgehead atoms. The van der Waals surface area contributed by atoms with Gasteiger partial charge in [0.1, 0.15) is 17.3 Å². The summed E-state index contributed by atoms with van der Waals surface area (Å²) in [4.78, 5) is 29.3. The third-order valence-corrected chi connectivity index (χ3v) is 5.09. The van der Waals surface area contributed by atoms with Crippen molar-refractivity contribution in [3.63, 3.8) is 0 Å². The van der Waals surface area contributed by atoms with Gasteiger partial charge in [-0.05, 0) is 56.9 Å². The number of aliphatic hydroxyl groups is 1. The summed E-state index contributed by atoms with van der Waals surface area (Å²) in [6.07, 6.45) is 0.657. The highest BCUT2D eigenvalue weighted by molar-refractivity contribution is 6.46. The second kappa shape index (κ2) is 9.00. The van der Waals surface area contributed by atoms with Crippen molar-refractivity contribution in [2.75, 3.05) is 34.3 Å². The Hall–Kier alpha value is -3.32. The molecular formula is C23H26N2O5. The highest BCUT2D eigenvalue weighted by atomic mass is 16.5. The second-order valence-corrected chi connectivity index (χ2v) is 7.44. The van der Waals surface area contributed by atoms with Crippen molar-refractivity contribution in [3.05, 3.63) is 65.2 Å². The molecule has 7 heteroatoms. The van der Waals surface area contributed by atoms with Crippen LogP contribution in [0.3, 0.4) is 0 Å². The molecule has 1 atom stereocenters. The molecule has 1 aliphatic rings. The van der Waals surface area contributed by atoms with Crippen molar-refractivity contribution in [1.82, 2.24) is 9.80 Å². The van der Waals surface area contributed by atoms with Crippen LogP contribution < -0.4 is 4.74 Å². The van der Waals surface area contributed by atoms with E-state index >= 15 is 0 Å². The predicted molar refractivity (Wildman–Crippen MR) is 113 cm³/mol. The Bertz CT molecular complexity index is 983. The number of amides is 1. The van der Waals surface area contributed by atoms with Gasteiger partial charge in [0.2, 0.25) is 0 Å². The molecule has 2 N–H and O–H groups in total. The maximum absolute atomic E-state index is 13.0. The number of rotatable bonds is 7. The third-order valence-electron chi connectivity index (χ3n) is 5.09. The van der Waals surface area contributed by atoms with Gasteiger partial charge in [-0.1, -0.05) is 24.3 Å². The number of ketones is 1. The van der Waals surface area contributed by atoms with Crippen LogP contribution >= 0.6 is 0 Å². The molecule has 2 aromatic carbocycles. The Labute approximate surface area is 175 Å². The number of carbonyl (C=O) groups excluding carboxylic acids is 2. The van der Waals surface area contributed by atoms with Crippen LogP contribution in [-0.4, -0.2) is 66.0 Å². The Balaban J connectivity index is 2.14. The number of hydrogen-bond donors (Lipinski definition) is 2. The monoisotopic (exact) mass is 410 g/mol. The van der Waals surface area contributed by atoms with Crippen LogP contribution in [0.1, 0.15) is 23.6 Å². The van der Waals surface area contributed by atoms with Gasteiger partial charge in [-0.2, -0.15) is 0 Å². The van der Waals surface area contributed by atoms with Gasteiger partial charge in [0, 0.05) is 6.54 Å². The summed E-state index contributed by atoms with van der Waals surface area (Å²) < 4.78 is 5.32. The van der Waals surface area contributed by atoms with Crippen LogP contribution in [-0.2, 0) is 9.59 Å². The SMILES string of the molecule is COc1ccccc1/C(O)=C1/C(=O)C(=O)N(CCCN(C)C)C1c1cccc(O)c1. The fraction of sp³-hybridized carbons (Fsp3) is 0.304. The molecule has 2 aromatic rings. The number of carbonyl (C=O) groups is 2. The number of para-hydroxylation sites is 1. The van der Waals surface area contributed by atoms with Gasteiger partial charge in [-0.15, -0.1) is 0 Å². The number of Topliss-reactive ketones (excluding diaryl/α,β-unsaturated/α-hetero) is 1. The van der Waals surface area contributed by atoms with E-state index in [1.807, 2.05) is 19.0 Å². The molecule has 1 amide bonds. The number of hydrogen-bond acceptors (Lipinski definition) is 6. The Morgan fingerprint density at radius 3 is 2.53 bits per heavy atom. The lowest BCUT2D eigenvalue weighted by Crippen LogP contribution is -2.32. The zero-order chi connectivity index (χ0) is 21.8. The molecule has 158 valence electrons. The summed E-state index contributed by atoms with van der Waals surface area (Å²) in [5, 5.41) is 21.1. The highest BCUT2D eigenvalue weighted by Gasteiger charge is 2.46. The molecule has 1 heterocycles. The maximum atomic E-state index is 13.0. The number of nitrogens with zero attached hydrogens (tertiary/aromatic N) is 2. The predicted octanol–water partition coefficient (Wildman–Crippen LogP) is 2.77. The molecular weight excluding hydrogens is 384 g/mol. The van der Waals surface area contributed by atoms with E-state index in [4.69, 9.17) is 4.74 Å². The van der Waals surface area contributed by atoms with E-state index in [1.54, 1.807) is 36.4 Å². The minimum atomic E-state index is -0.802. The summed E-state index contributed by atoms with van der Waals surface area (Å²) in [5.41, 5.74) is 0.867. The number of benzene rings is 2. The molecule has 0 aliphatic carbocycles. The number of methoxy groups -OCH3 is 1. The number of aliphatic hydroxyl groups excluding tert-OH is 1. The lowest BCUT2D eigenvalue weighted by Gasteiger charge is -2.26. The molecule has 7 nitrogen and oxygen atoms in total. The van der Waals surface area contributed by atoms with Crippen LogP contribution in [0.2, 0.25) is 0 Å². The quantitative estimate of drug-likeness (QED) is 0.414. The lowest BCUT2D eigenvalue weighted by atomic mass is 9.95. The molecule has 1 unspecified atom stereocenters. The van der Waals surface area contributed by atoms with E-state index in [0.717, 1.165) is 6.54 Å².